The SMILES string of the molecule is CCCCCCC=CC1CCC2C(=O)OC(=O)C2C1. The number of carbonyl (C=O) groups is 2. The number of cyclic esters (lactones) is 2. The zero-order chi connectivity index (χ0) is 13.7. The molecular weight excluding hydrogens is 240 g/mol. The predicted octanol–water partition coefficient (Wildman–Crippen LogP) is 3.63. The number of esters is 2. The van der Waals surface area contributed by atoms with Gasteiger partial charge in [0.25, 0.3) is 0 Å². The molecule has 0 bridgehead atoms. The third-order valence-electron chi connectivity index (χ3n) is 4.33. The lowest BCUT2D eigenvalue weighted by atomic mass is 9.75. The molecule has 1 saturated carbocycles. The molecule has 3 nitrogen and oxygen atoms in total. The van der Waals surface area contributed by atoms with Crippen molar-refractivity contribution in [3.8, 4) is 0 Å². The largest absolute Gasteiger partial charge is 0.393 e. The van der Waals surface area contributed by atoms with E-state index in [1.807, 2.05) is 0 Å². The van der Waals surface area contributed by atoms with Gasteiger partial charge >= 0.3 is 11.9 Å². The molecule has 19 heavy (non-hydrogen) atoms. The van der Waals surface area contributed by atoms with E-state index in [1.54, 1.807) is 0 Å². The van der Waals surface area contributed by atoms with Gasteiger partial charge in [0.2, 0.25) is 0 Å². The molecule has 0 spiro atoms. The van der Waals surface area contributed by atoms with Crippen molar-refractivity contribution in [3.63, 3.8) is 0 Å². The second-order valence-corrected chi connectivity index (χ2v) is 5.80. The van der Waals surface area contributed by atoms with E-state index in [1.165, 1.54) is 25.7 Å². The quantitative estimate of drug-likeness (QED) is 0.318. The summed E-state index contributed by atoms with van der Waals surface area (Å²) in [4.78, 5) is 23.0. The van der Waals surface area contributed by atoms with Crippen LogP contribution in [0.15, 0.2) is 12.2 Å². The van der Waals surface area contributed by atoms with Crippen LogP contribution in [0.25, 0.3) is 0 Å². The molecule has 0 N–H and O–H groups in total. The smallest absolute Gasteiger partial charge is 0.317 e. The molecule has 0 aromatic carbocycles. The molecule has 0 aromatic rings. The van der Waals surface area contributed by atoms with Gasteiger partial charge in [0.1, 0.15) is 0 Å². The van der Waals surface area contributed by atoms with Gasteiger partial charge in [0.05, 0.1) is 11.8 Å². The number of allylic oxidation sites excluding steroid dienone is 2. The molecule has 0 aromatic heterocycles. The number of hydrogen-bond acceptors (Lipinski definition) is 3. The Labute approximate surface area is 115 Å². The van der Waals surface area contributed by atoms with Gasteiger partial charge in [-0.15, -0.1) is 0 Å². The van der Waals surface area contributed by atoms with Crippen LogP contribution in [0.1, 0.15) is 58.3 Å². The highest BCUT2D eigenvalue weighted by Gasteiger charge is 2.46. The van der Waals surface area contributed by atoms with Crippen molar-refractivity contribution < 1.29 is 14.3 Å². The fourth-order valence-corrected chi connectivity index (χ4v) is 3.15. The van der Waals surface area contributed by atoms with E-state index in [9.17, 15) is 9.59 Å². The Morgan fingerprint density at radius 1 is 1.11 bits per heavy atom. The number of fused-ring (bicyclic) bond motifs is 1. The van der Waals surface area contributed by atoms with Crippen molar-refractivity contribution in [2.24, 2.45) is 17.8 Å². The average Bonchev–Trinajstić information content (AvgIpc) is 2.69. The summed E-state index contributed by atoms with van der Waals surface area (Å²) in [6, 6.07) is 0. The van der Waals surface area contributed by atoms with Crippen molar-refractivity contribution in [2.75, 3.05) is 0 Å². The lowest BCUT2D eigenvalue weighted by Crippen LogP contribution is -2.26. The summed E-state index contributed by atoms with van der Waals surface area (Å²) in [5.41, 5.74) is 0. The van der Waals surface area contributed by atoms with E-state index in [4.69, 9.17) is 4.74 Å². The minimum Gasteiger partial charge on any atom is -0.393 e. The maximum Gasteiger partial charge on any atom is 0.317 e. The van der Waals surface area contributed by atoms with Gasteiger partial charge in [0, 0.05) is 0 Å². The lowest BCUT2D eigenvalue weighted by molar-refractivity contribution is -0.153. The second-order valence-electron chi connectivity index (χ2n) is 5.80. The van der Waals surface area contributed by atoms with Gasteiger partial charge in [-0.3, -0.25) is 9.59 Å². The Kier molecular flexibility index (Phi) is 5.17. The van der Waals surface area contributed by atoms with Crippen LogP contribution >= 0.6 is 0 Å². The summed E-state index contributed by atoms with van der Waals surface area (Å²) in [5, 5.41) is 0. The fraction of sp³-hybridized carbons (Fsp3) is 0.750. The Hall–Kier alpha value is -1.12. The van der Waals surface area contributed by atoms with E-state index >= 15 is 0 Å². The van der Waals surface area contributed by atoms with Crippen LogP contribution in [0.3, 0.4) is 0 Å². The highest BCUT2D eigenvalue weighted by molar-refractivity contribution is 5.96. The molecule has 3 atom stereocenters. The van der Waals surface area contributed by atoms with Crippen molar-refractivity contribution in [2.45, 2.75) is 58.3 Å². The first-order valence-electron chi connectivity index (χ1n) is 7.64. The molecule has 1 aliphatic carbocycles. The summed E-state index contributed by atoms with van der Waals surface area (Å²) in [5.74, 6) is -0.461. The Morgan fingerprint density at radius 3 is 2.68 bits per heavy atom. The number of carbonyl (C=O) groups excluding carboxylic acids is 2. The van der Waals surface area contributed by atoms with Crippen LogP contribution in [0.2, 0.25) is 0 Å². The standard InChI is InChI=1S/C16H24O3/c1-2-3-4-5-6-7-8-12-9-10-13-14(11-12)16(18)19-15(13)17/h7-8,12-14H,2-6,9-11H2,1H3. The highest BCUT2D eigenvalue weighted by atomic mass is 16.6. The first-order chi connectivity index (χ1) is 9.22. The minimum atomic E-state index is -0.295. The molecule has 1 heterocycles. The van der Waals surface area contributed by atoms with Crippen molar-refractivity contribution in [1.29, 1.82) is 0 Å². The maximum atomic E-state index is 11.5. The zero-order valence-electron chi connectivity index (χ0n) is 11.8. The number of ether oxygens (including phenoxy) is 1. The molecule has 1 aliphatic heterocycles. The summed E-state index contributed by atoms with van der Waals surface area (Å²) in [6.07, 6.45) is 13.4. The van der Waals surface area contributed by atoms with Gasteiger partial charge in [-0.25, -0.2) is 0 Å². The lowest BCUT2D eigenvalue weighted by Gasteiger charge is -2.25. The molecule has 2 rings (SSSR count). The molecule has 2 aliphatic rings. The first kappa shape index (κ1) is 14.3. The maximum absolute atomic E-state index is 11.5. The Bertz CT molecular complexity index is 359. The normalized spacial score (nSPS) is 30.7. The van der Waals surface area contributed by atoms with Crippen LogP contribution in [0, 0.1) is 17.8 Å². The van der Waals surface area contributed by atoms with Crippen LogP contribution < -0.4 is 0 Å². The van der Waals surface area contributed by atoms with Crippen molar-refractivity contribution in [3.05, 3.63) is 12.2 Å². The second kappa shape index (κ2) is 6.88. The molecular formula is C16H24O3. The third kappa shape index (κ3) is 3.68. The number of unbranched alkanes of at least 4 members (excludes halogenated alkanes) is 4. The van der Waals surface area contributed by atoms with Crippen LogP contribution in [-0.2, 0) is 14.3 Å². The number of rotatable bonds is 6. The highest BCUT2D eigenvalue weighted by Crippen LogP contribution is 2.39. The molecule has 2 fully saturated rings. The van der Waals surface area contributed by atoms with Gasteiger partial charge < -0.3 is 4.74 Å². The number of hydrogen-bond donors (Lipinski definition) is 0. The minimum absolute atomic E-state index is 0.151. The summed E-state index contributed by atoms with van der Waals surface area (Å²) >= 11 is 0. The van der Waals surface area contributed by atoms with E-state index in [-0.39, 0.29) is 23.8 Å². The summed E-state index contributed by atoms with van der Waals surface area (Å²) < 4.78 is 4.72. The molecule has 0 radical (unpaired) electrons. The van der Waals surface area contributed by atoms with Gasteiger partial charge in [-0.1, -0.05) is 38.3 Å². The van der Waals surface area contributed by atoms with E-state index < -0.39 is 0 Å². The van der Waals surface area contributed by atoms with Crippen LogP contribution in [-0.4, -0.2) is 11.9 Å². The van der Waals surface area contributed by atoms with Crippen LogP contribution in [0.5, 0.6) is 0 Å². The predicted molar refractivity (Wildman–Crippen MR) is 73.3 cm³/mol. The van der Waals surface area contributed by atoms with Crippen molar-refractivity contribution in [1.82, 2.24) is 0 Å². The molecule has 3 unspecified atom stereocenters. The molecule has 3 heteroatoms. The summed E-state index contributed by atoms with van der Waals surface area (Å²) in [6.45, 7) is 2.22. The fourth-order valence-electron chi connectivity index (χ4n) is 3.15. The van der Waals surface area contributed by atoms with E-state index in [2.05, 4.69) is 19.1 Å². The third-order valence-corrected chi connectivity index (χ3v) is 4.33. The first-order valence-corrected chi connectivity index (χ1v) is 7.64. The molecule has 106 valence electrons. The van der Waals surface area contributed by atoms with Crippen molar-refractivity contribution >= 4 is 11.9 Å². The van der Waals surface area contributed by atoms with Gasteiger partial charge in [-0.2, -0.15) is 0 Å². The van der Waals surface area contributed by atoms with E-state index in [0.717, 1.165) is 25.7 Å². The summed E-state index contributed by atoms with van der Waals surface area (Å²) in [7, 11) is 0. The molecule has 0 amide bonds. The van der Waals surface area contributed by atoms with Crippen LogP contribution in [0.4, 0.5) is 0 Å². The topological polar surface area (TPSA) is 43.4 Å². The molecule has 1 saturated heterocycles. The zero-order valence-corrected chi connectivity index (χ0v) is 11.8. The van der Waals surface area contributed by atoms with E-state index in [0.29, 0.717) is 5.92 Å². The monoisotopic (exact) mass is 264 g/mol. The van der Waals surface area contributed by atoms with Gasteiger partial charge in [0.15, 0.2) is 0 Å². The average molecular weight is 264 g/mol. The Balaban J connectivity index is 1.73. The Morgan fingerprint density at radius 2 is 1.89 bits per heavy atom. The van der Waals surface area contributed by atoms with Gasteiger partial charge in [-0.05, 0) is 38.0 Å².